The van der Waals surface area contributed by atoms with Crippen molar-refractivity contribution in [2.24, 2.45) is 0 Å². The van der Waals surface area contributed by atoms with E-state index in [-0.39, 0.29) is 5.69 Å². The Labute approximate surface area is 80.0 Å². The lowest BCUT2D eigenvalue weighted by Gasteiger charge is -2.06. The molecule has 0 aliphatic rings. The van der Waals surface area contributed by atoms with E-state index in [0.29, 0.717) is 5.75 Å². The Bertz CT molecular complexity index is 487. The lowest BCUT2D eigenvalue weighted by molar-refractivity contribution is 0.411. The summed E-state index contributed by atoms with van der Waals surface area (Å²) in [6, 6.07) is 7.36. The maximum Gasteiger partial charge on any atom is 0.361 e. The van der Waals surface area contributed by atoms with Crippen molar-refractivity contribution in [1.82, 2.24) is 14.8 Å². The van der Waals surface area contributed by atoms with Gasteiger partial charge in [-0.1, -0.05) is 12.1 Å². The molecule has 5 nitrogen and oxygen atoms in total. The van der Waals surface area contributed by atoms with Crippen LogP contribution in [0.2, 0.25) is 0 Å². The summed E-state index contributed by atoms with van der Waals surface area (Å²) in [7, 11) is 1.58. The smallest absolute Gasteiger partial charge is 0.361 e. The Hall–Kier alpha value is -2.04. The molecule has 14 heavy (non-hydrogen) atoms. The van der Waals surface area contributed by atoms with Gasteiger partial charge in [0.1, 0.15) is 17.8 Å². The quantitative estimate of drug-likeness (QED) is 0.754. The maximum absolute atomic E-state index is 10.8. The molecule has 1 aromatic carbocycles. The number of hydrogen-bond donors (Lipinski definition) is 1. The van der Waals surface area contributed by atoms with Crippen molar-refractivity contribution in [3.63, 3.8) is 0 Å². The van der Waals surface area contributed by atoms with Crippen molar-refractivity contribution in [3.8, 4) is 11.4 Å². The number of methoxy groups -OCH3 is 1. The van der Waals surface area contributed by atoms with Gasteiger partial charge in [0.25, 0.3) is 0 Å². The fraction of sp³-hybridized carbons (Fsp3) is 0.111. The molecule has 0 radical (unpaired) electrons. The molecule has 0 fully saturated rings. The normalized spacial score (nSPS) is 10.1. The fourth-order valence-corrected chi connectivity index (χ4v) is 1.22. The van der Waals surface area contributed by atoms with E-state index in [4.69, 9.17) is 4.74 Å². The number of hydrogen-bond acceptors (Lipinski definition) is 3. The summed E-state index contributed by atoms with van der Waals surface area (Å²) in [6.07, 6.45) is 1.42. The minimum Gasteiger partial charge on any atom is -0.494 e. The van der Waals surface area contributed by atoms with Gasteiger partial charge in [-0.2, -0.15) is 4.98 Å². The molecule has 1 aromatic heterocycles. The molecule has 0 spiro atoms. The molecule has 2 rings (SSSR count). The molecule has 0 aliphatic heterocycles. The summed E-state index contributed by atoms with van der Waals surface area (Å²) < 4.78 is 6.65. The van der Waals surface area contributed by atoms with E-state index in [1.807, 2.05) is 24.3 Å². The van der Waals surface area contributed by atoms with Crippen molar-refractivity contribution in [2.75, 3.05) is 7.11 Å². The largest absolute Gasteiger partial charge is 0.494 e. The summed E-state index contributed by atoms with van der Waals surface area (Å²) in [5.41, 5.74) is 0.375. The SMILES string of the molecule is COc1ccccc1-n1cnc(=O)[nH]1. The Kier molecular flexibility index (Phi) is 2.06. The zero-order chi connectivity index (χ0) is 9.97. The lowest BCUT2D eigenvalue weighted by atomic mass is 10.3. The van der Waals surface area contributed by atoms with Crippen LogP contribution in [0.25, 0.3) is 5.69 Å². The van der Waals surface area contributed by atoms with Crippen molar-refractivity contribution >= 4 is 0 Å². The highest BCUT2D eigenvalue weighted by Crippen LogP contribution is 2.19. The third-order valence-electron chi connectivity index (χ3n) is 1.85. The zero-order valence-corrected chi connectivity index (χ0v) is 7.60. The minimum atomic E-state index is -0.379. The van der Waals surface area contributed by atoms with E-state index >= 15 is 0 Å². The number of rotatable bonds is 2. The molecule has 0 bridgehead atoms. The lowest BCUT2D eigenvalue weighted by Crippen LogP contribution is -2.05. The summed E-state index contributed by atoms with van der Waals surface area (Å²) in [6.45, 7) is 0. The second kappa shape index (κ2) is 3.37. The van der Waals surface area contributed by atoms with Crippen molar-refractivity contribution in [1.29, 1.82) is 0 Å². The van der Waals surface area contributed by atoms with Crippen LogP contribution in [-0.2, 0) is 0 Å². The van der Waals surface area contributed by atoms with E-state index in [1.54, 1.807) is 7.11 Å². The Balaban J connectivity index is 2.55. The van der Waals surface area contributed by atoms with Gasteiger partial charge in [0, 0.05) is 0 Å². The minimum absolute atomic E-state index is 0.379. The van der Waals surface area contributed by atoms with Crippen molar-refractivity contribution in [2.45, 2.75) is 0 Å². The van der Waals surface area contributed by atoms with Crippen LogP contribution in [0.1, 0.15) is 0 Å². The van der Waals surface area contributed by atoms with Crippen LogP contribution in [0.3, 0.4) is 0 Å². The highest BCUT2D eigenvalue weighted by Gasteiger charge is 2.03. The number of nitrogens with zero attached hydrogens (tertiary/aromatic N) is 2. The monoisotopic (exact) mass is 191 g/mol. The van der Waals surface area contributed by atoms with Crippen molar-refractivity contribution in [3.05, 3.63) is 41.1 Å². The van der Waals surface area contributed by atoms with E-state index in [1.165, 1.54) is 11.0 Å². The highest BCUT2D eigenvalue weighted by atomic mass is 16.5. The van der Waals surface area contributed by atoms with Gasteiger partial charge in [-0.3, -0.25) is 0 Å². The topological polar surface area (TPSA) is 59.9 Å². The highest BCUT2D eigenvalue weighted by molar-refractivity contribution is 5.45. The van der Waals surface area contributed by atoms with Crippen LogP contribution < -0.4 is 10.4 Å². The maximum atomic E-state index is 10.8. The van der Waals surface area contributed by atoms with E-state index in [0.717, 1.165) is 5.69 Å². The first-order valence-electron chi connectivity index (χ1n) is 4.08. The van der Waals surface area contributed by atoms with Gasteiger partial charge in [0.2, 0.25) is 0 Å². The summed E-state index contributed by atoms with van der Waals surface area (Å²) in [5.74, 6) is 0.682. The molecule has 0 aliphatic carbocycles. The number of aromatic amines is 1. The number of benzene rings is 1. The van der Waals surface area contributed by atoms with Gasteiger partial charge in [0.15, 0.2) is 0 Å². The Morgan fingerprint density at radius 2 is 2.21 bits per heavy atom. The van der Waals surface area contributed by atoms with Gasteiger partial charge in [-0.15, -0.1) is 0 Å². The molecular weight excluding hydrogens is 182 g/mol. The molecule has 0 amide bonds. The van der Waals surface area contributed by atoms with Gasteiger partial charge in [-0.05, 0) is 12.1 Å². The predicted molar refractivity (Wildman–Crippen MR) is 50.7 cm³/mol. The summed E-state index contributed by atoms with van der Waals surface area (Å²) in [5, 5.41) is 2.54. The average Bonchev–Trinajstić information content (AvgIpc) is 2.65. The molecule has 0 saturated heterocycles. The molecule has 1 N–H and O–H groups in total. The predicted octanol–water partition coefficient (Wildman–Crippen LogP) is 0.569. The molecule has 2 aromatic rings. The summed E-state index contributed by atoms with van der Waals surface area (Å²) >= 11 is 0. The van der Waals surface area contributed by atoms with Crippen LogP contribution in [0.4, 0.5) is 0 Å². The van der Waals surface area contributed by atoms with Gasteiger partial charge in [-0.25, -0.2) is 14.6 Å². The third-order valence-corrected chi connectivity index (χ3v) is 1.85. The molecule has 0 unspecified atom stereocenters. The zero-order valence-electron chi connectivity index (χ0n) is 7.60. The van der Waals surface area contributed by atoms with Crippen LogP contribution in [0, 0.1) is 0 Å². The molecular formula is C9H9N3O2. The fourth-order valence-electron chi connectivity index (χ4n) is 1.22. The van der Waals surface area contributed by atoms with Crippen LogP contribution in [0.15, 0.2) is 35.4 Å². The Morgan fingerprint density at radius 3 is 2.86 bits per heavy atom. The second-order valence-electron chi connectivity index (χ2n) is 2.70. The molecule has 0 atom stereocenters. The standard InChI is InChI=1S/C9H9N3O2/c1-14-8-5-3-2-4-7(8)12-6-10-9(13)11-12/h2-6H,1H3,(H,11,13). The first-order chi connectivity index (χ1) is 6.81. The van der Waals surface area contributed by atoms with Crippen molar-refractivity contribution < 1.29 is 4.74 Å². The number of nitrogens with one attached hydrogen (secondary N) is 1. The van der Waals surface area contributed by atoms with E-state index in [9.17, 15) is 4.79 Å². The van der Waals surface area contributed by atoms with Gasteiger partial charge < -0.3 is 4.74 Å². The average molecular weight is 191 g/mol. The number of H-pyrrole nitrogens is 1. The van der Waals surface area contributed by atoms with Crippen LogP contribution in [-0.4, -0.2) is 21.9 Å². The molecule has 0 saturated carbocycles. The second-order valence-corrected chi connectivity index (χ2v) is 2.70. The third kappa shape index (κ3) is 1.39. The van der Waals surface area contributed by atoms with Gasteiger partial charge in [0.05, 0.1) is 7.11 Å². The number of ether oxygens (including phenoxy) is 1. The van der Waals surface area contributed by atoms with Crippen LogP contribution in [0.5, 0.6) is 5.75 Å². The Morgan fingerprint density at radius 1 is 1.43 bits per heavy atom. The van der Waals surface area contributed by atoms with Crippen LogP contribution >= 0.6 is 0 Å². The number of para-hydroxylation sites is 2. The van der Waals surface area contributed by atoms with Gasteiger partial charge >= 0.3 is 5.69 Å². The van der Waals surface area contributed by atoms with E-state index < -0.39 is 0 Å². The first kappa shape index (κ1) is 8.55. The van der Waals surface area contributed by atoms with E-state index in [2.05, 4.69) is 10.1 Å². The molecule has 5 heteroatoms. The summed E-state index contributed by atoms with van der Waals surface area (Å²) in [4.78, 5) is 14.4. The number of aromatic nitrogens is 3. The molecule has 72 valence electrons. The first-order valence-corrected chi connectivity index (χ1v) is 4.08. The molecule has 1 heterocycles.